The van der Waals surface area contributed by atoms with Crippen molar-refractivity contribution in [2.45, 2.75) is 70.7 Å². The van der Waals surface area contributed by atoms with Gasteiger partial charge >= 0.3 is 0 Å². The Balaban J connectivity index is 1.35. The van der Waals surface area contributed by atoms with E-state index in [0.29, 0.717) is 25.4 Å². The van der Waals surface area contributed by atoms with Crippen LogP contribution in [0.25, 0.3) is 0 Å². The first-order valence-corrected chi connectivity index (χ1v) is 10.8. The van der Waals surface area contributed by atoms with Crippen molar-refractivity contribution in [2.75, 3.05) is 13.2 Å². The van der Waals surface area contributed by atoms with Gasteiger partial charge in [-0.1, -0.05) is 30.3 Å². The van der Waals surface area contributed by atoms with Crippen LogP contribution in [0, 0.1) is 6.92 Å². The van der Waals surface area contributed by atoms with Gasteiger partial charge in [-0.05, 0) is 86.8 Å². The third-order valence-corrected chi connectivity index (χ3v) is 5.77. The van der Waals surface area contributed by atoms with E-state index in [2.05, 4.69) is 56.3 Å². The van der Waals surface area contributed by atoms with Crippen molar-refractivity contribution in [1.82, 2.24) is 0 Å². The third-order valence-electron chi connectivity index (χ3n) is 5.77. The van der Waals surface area contributed by atoms with Gasteiger partial charge in [0.05, 0.1) is 24.9 Å². The van der Waals surface area contributed by atoms with E-state index in [4.69, 9.17) is 14.2 Å². The number of rotatable bonds is 8. The Labute approximate surface area is 169 Å². The van der Waals surface area contributed by atoms with Crippen molar-refractivity contribution in [1.29, 1.82) is 0 Å². The lowest BCUT2D eigenvalue weighted by Gasteiger charge is -2.28. The van der Waals surface area contributed by atoms with Crippen LogP contribution >= 0.6 is 0 Å². The van der Waals surface area contributed by atoms with Crippen LogP contribution in [0.2, 0.25) is 0 Å². The molecule has 2 atom stereocenters. The Bertz CT molecular complexity index is 764. The van der Waals surface area contributed by atoms with Crippen LogP contribution < -0.4 is 4.74 Å². The van der Waals surface area contributed by atoms with Gasteiger partial charge in [0.25, 0.3) is 0 Å². The first kappa shape index (κ1) is 19.5. The molecule has 2 aromatic carbocycles. The topological polar surface area (TPSA) is 27.7 Å². The molecule has 0 bridgehead atoms. The van der Waals surface area contributed by atoms with Crippen molar-refractivity contribution < 1.29 is 14.2 Å². The molecule has 150 valence electrons. The van der Waals surface area contributed by atoms with Crippen molar-refractivity contribution in [3.8, 4) is 5.75 Å². The standard InChI is InChI=1S/C25H32O3/c1-18-6-9-21(25-5-3-4-19(2)28-25)17-22(18)16-20-7-10-23(11-8-20)26-14-15-27-24-12-13-24/h6-11,17,19,24-25H,3-5,12-16H2,1-2H3. The molecule has 0 N–H and O–H groups in total. The van der Waals surface area contributed by atoms with Gasteiger partial charge in [0.2, 0.25) is 0 Å². The Hall–Kier alpha value is -1.84. The summed E-state index contributed by atoms with van der Waals surface area (Å²) in [5, 5.41) is 0. The molecule has 3 nitrogen and oxygen atoms in total. The van der Waals surface area contributed by atoms with Crippen molar-refractivity contribution >= 4 is 0 Å². The summed E-state index contributed by atoms with van der Waals surface area (Å²) < 4.78 is 17.6. The zero-order valence-corrected chi connectivity index (χ0v) is 17.2. The van der Waals surface area contributed by atoms with E-state index in [1.165, 1.54) is 47.9 Å². The van der Waals surface area contributed by atoms with E-state index in [1.54, 1.807) is 0 Å². The molecule has 1 saturated heterocycles. The van der Waals surface area contributed by atoms with E-state index in [0.717, 1.165) is 18.6 Å². The molecule has 1 aliphatic heterocycles. The van der Waals surface area contributed by atoms with E-state index in [9.17, 15) is 0 Å². The molecule has 0 aromatic heterocycles. The van der Waals surface area contributed by atoms with Gasteiger partial charge < -0.3 is 14.2 Å². The maximum Gasteiger partial charge on any atom is 0.119 e. The molecule has 2 fully saturated rings. The summed E-state index contributed by atoms with van der Waals surface area (Å²) >= 11 is 0. The molecule has 2 aromatic rings. The molecule has 2 unspecified atom stereocenters. The fourth-order valence-electron chi connectivity index (χ4n) is 3.87. The van der Waals surface area contributed by atoms with Gasteiger partial charge in [-0.2, -0.15) is 0 Å². The molecular formula is C25H32O3. The highest BCUT2D eigenvalue weighted by molar-refractivity contribution is 5.38. The summed E-state index contributed by atoms with van der Waals surface area (Å²) in [6.07, 6.45) is 8.02. The quantitative estimate of drug-likeness (QED) is 0.544. The molecule has 4 rings (SSSR count). The first-order chi connectivity index (χ1) is 13.7. The van der Waals surface area contributed by atoms with Gasteiger partial charge in [-0.15, -0.1) is 0 Å². The van der Waals surface area contributed by atoms with E-state index >= 15 is 0 Å². The monoisotopic (exact) mass is 380 g/mol. The Morgan fingerprint density at radius 3 is 2.54 bits per heavy atom. The highest BCUT2D eigenvalue weighted by Crippen LogP contribution is 2.32. The Morgan fingerprint density at radius 2 is 1.79 bits per heavy atom. The van der Waals surface area contributed by atoms with Gasteiger partial charge in [-0.25, -0.2) is 0 Å². The smallest absolute Gasteiger partial charge is 0.119 e. The summed E-state index contributed by atoms with van der Waals surface area (Å²) in [5.41, 5.74) is 5.35. The number of benzene rings is 2. The lowest BCUT2D eigenvalue weighted by molar-refractivity contribution is -0.0414. The normalized spacial score (nSPS) is 22.2. The van der Waals surface area contributed by atoms with Crippen molar-refractivity contribution in [3.05, 3.63) is 64.7 Å². The van der Waals surface area contributed by atoms with E-state index in [-0.39, 0.29) is 6.10 Å². The molecule has 0 radical (unpaired) electrons. The second-order valence-electron chi connectivity index (χ2n) is 8.29. The minimum atomic E-state index is 0.247. The zero-order valence-electron chi connectivity index (χ0n) is 17.2. The SMILES string of the molecule is Cc1ccc(C2CCCC(C)O2)cc1Cc1ccc(OCCOC2CC2)cc1. The molecular weight excluding hydrogens is 348 g/mol. The summed E-state index contributed by atoms with van der Waals surface area (Å²) in [5.74, 6) is 0.915. The van der Waals surface area contributed by atoms with E-state index < -0.39 is 0 Å². The molecule has 1 saturated carbocycles. The predicted molar refractivity (Wildman–Crippen MR) is 112 cm³/mol. The van der Waals surface area contributed by atoms with Crippen LogP contribution in [0.5, 0.6) is 5.75 Å². The number of hydrogen-bond donors (Lipinski definition) is 0. The largest absolute Gasteiger partial charge is 0.491 e. The third kappa shape index (κ3) is 5.36. The van der Waals surface area contributed by atoms with E-state index in [1.807, 2.05) is 0 Å². The highest BCUT2D eigenvalue weighted by atomic mass is 16.5. The lowest BCUT2D eigenvalue weighted by atomic mass is 9.93. The van der Waals surface area contributed by atoms with Crippen LogP contribution in [0.1, 0.15) is 67.4 Å². The number of aryl methyl sites for hydroxylation is 1. The Kier molecular flexibility index (Phi) is 6.33. The average molecular weight is 381 g/mol. The first-order valence-electron chi connectivity index (χ1n) is 10.8. The predicted octanol–water partition coefficient (Wildman–Crippen LogP) is 5.77. The minimum absolute atomic E-state index is 0.247. The molecule has 1 aliphatic carbocycles. The molecule has 1 heterocycles. The average Bonchev–Trinajstić information content (AvgIpc) is 3.53. The number of hydrogen-bond acceptors (Lipinski definition) is 3. The van der Waals surface area contributed by atoms with Gasteiger partial charge in [0, 0.05) is 0 Å². The van der Waals surface area contributed by atoms with Crippen molar-refractivity contribution in [2.24, 2.45) is 0 Å². The summed E-state index contributed by atoms with van der Waals surface area (Å²) in [7, 11) is 0. The molecule has 0 amide bonds. The minimum Gasteiger partial charge on any atom is -0.491 e. The van der Waals surface area contributed by atoms with Crippen LogP contribution in [0.15, 0.2) is 42.5 Å². The highest BCUT2D eigenvalue weighted by Gasteiger charge is 2.22. The fraction of sp³-hybridized carbons (Fsp3) is 0.520. The van der Waals surface area contributed by atoms with Crippen LogP contribution in [-0.4, -0.2) is 25.4 Å². The van der Waals surface area contributed by atoms with Crippen LogP contribution in [0.4, 0.5) is 0 Å². The summed E-state index contributed by atoms with van der Waals surface area (Å²) in [6, 6.07) is 15.3. The fourth-order valence-corrected chi connectivity index (χ4v) is 3.87. The molecule has 28 heavy (non-hydrogen) atoms. The number of ether oxygens (including phenoxy) is 3. The second-order valence-corrected chi connectivity index (χ2v) is 8.29. The van der Waals surface area contributed by atoms with Gasteiger partial charge in [0.1, 0.15) is 12.4 Å². The maximum absolute atomic E-state index is 6.17. The van der Waals surface area contributed by atoms with Gasteiger partial charge in [0.15, 0.2) is 0 Å². The van der Waals surface area contributed by atoms with Crippen molar-refractivity contribution in [3.63, 3.8) is 0 Å². The summed E-state index contributed by atoms with van der Waals surface area (Å²) in [4.78, 5) is 0. The summed E-state index contributed by atoms with van der Waals surface area (Å²) in [6.45, 7) is 5.68. The molecule has 3 heteroatoms. The van der Waals surface area contributed by atoms with Crippen LogP contribution in [0.3, 0.4) is 0 Å². The molecule has 2 aliphatic rings. The lowest BCUT2D eigenvalue weighted by Crippen LogP contribution is -2.19. The maximum atomic E-state index is 6.17. The van der Waals surface area contributed by atoms with Gasteiger partial charge in [-0.3, -0.25) is 0 Å². The zero-order chi connectivity index (χ0) is 19.3. The Morgan fingerprint density at radius 1 is 0.964 bits per heavy atom. The second kappa shape index (κ2) is 9.11. The molecule has 0 spiro atoms. The van der Waals surface area contributed by atoms with Crippen LogP contribution in [-0.2, 0) is 15.9 Å².